The van der Waals surface area contributed by atoms with Crippen LogP contribution in [0.4, 0.5) is 0 Å². The monoisotopic (exact) mass is 268 g/mol. The molecule has 0 saturated heterocycles. The van der Waals surface area contributed by atoms with Crippen LogP contribution in [0.5, 0.6) is 5.75 Å². The normalized spacial score (nSPS) is 11.6. The molecule has 0 saturated carbocycles. The largest absolute Gasteiger partial charge is 0.508 e. The number of benzene rings is 3. The molecule has 1 aromatic heterocycles. The maximum atomic E-state index is 9.53. The van der Waals surface area contributed by atoms with Gasteiger partial charge in [-0.1, -0.05) is 23.7 Å². The topological polar surface area (TPSA) is 33.4 Å². The van der Waals surface area contributed by atoms with Crippen molar-refractivity contribution >= 4 is 44.3 Å². The van der Waals surface area contributed by atoms with Gasteiger partial charge in [-0.05, 0) is 41.8 Å². The molecule has 0 radical (unpaired) electrons. The Morgan fingerprint density at radius 2 is 1.79 bits per heavy atom. The van der Waals surface area contributed by atoms with E-state index in [0.717, 1.165) is 32.7 Å². The van der Waals surface area contributed by atoms with E-state index in [4.69, 9.17) is 16.0 Å². The Bertz CT molecular complexity index is 938. The first-order valence-corrected chi connectivity index (χ1v) is 6.34. The summed E-state index contributed by atoms with van der Waals surface area (Å²) in [5.41, 5.74) is 1.59. The highest BCUT2D eigenvalue weighted by Crippen LogP contribution is 2.37. The number of rotatable bonds is 0. The minimum absolute atomic E-state index is 0.251. The number of hydrogen-bond donors (Lipinski definition) is 1. The molecule has 2 nitrogen and oxygen atoms in total. The van der Waals surface area contributed by atoms with E-state index in [9.17, 15) is 5.11 Å². The molecule has 1 heterocycles. The second-order valence-electron chi connectivity index (χ2n) is 4.56. The quantitative estimate of drug-likeness (QED) is 0.481. The summed E-state index contributed by atoms with van der Waals surface area (Å²) in [5, 5.41) is 14.1. The van der Waals surface area contributed by atoms with Crippen molar-refractivity contribution in [1.82, 2.24) is 0 Å². The number of phenolic OH excluding ortho intramolecular Hbond substituents is 1. The van der Waals surface area contributed by atoms with Crippen molar-refractivity contribution < 1.29 is 9.52 Å². The van der Waals surface area contributed by atoms with Gasteiger partial charge in [-0.15, -0.1) is 0 Å². The first-order chi connectivity index (χ1) is 9.24. The molecule has 0 fully saturated rings. The summed E-state index contributed by atoms with van der Waals surface area (Å²) in [6.07, 6.45) is 0. The second kappa shape index (κ2) is 3.65. The highest BCUT2D eigenvalue weighted by molar-refractivity contribution is 6.38. The third-order valence-electron chi connectivity index (χ3n) is 3.41. The van der Waals surface area contributed by atoms with E-state index < -0.39 is 0 Å². The zero-order valence-electron chi connectivity index (χ0n) is 9.85. The molecular formula is C16H9ClO2. The van der Waals surface area contributed by atoms with E-state index in [-0.39, 0.29) is 5.75 Å². The molecule has 92 valence electrons. The summed E-state index contributed by atoms with van der Waals surface area (Å²) in [5.74, 6) is 0.251. The van der Waals surface area contributed by atoms with Crippen LogP contribution < -0.4 is 0 Å². The van der Waals surface area contributed by atoms with Crippen LogP contribution in [0.25, 0.3) is 32.7 Å². The maximum Gasteiger partial charge on any atom is 0.143 e. The summed E-state index contributed by atoms with van der Waals surface area (Å²) in [6, 6.07) is 14.8. The predicted molar refractivity (Wildman–Crippen MR) is 77.9 cm³/mol. The summed E-state index contributed by atoms with van der Waals surface area (Å²) >= 11 is 6.25. The molecule has 1 N–H and O–H groups in total. The van der Waals surface area contributed by atoms with E-state index in [2.05, 4.69) is 0 Å². The highest BCUT2D eigenvalue weighted by atomic mass is 35.5. The van der Waals surface area contributed by atoms with Gasteiger partial charge in [-0.2, -0.15) is 0 Å². The lowest BCUT2D eigenvalue weighted by molar-refractivity contribution is 0.476. The average molecular weight is 269 g/mol. The van der Waals surface area contributed by atoms with Gasteiger partial charge in [0.25, 0.3) is 0 Å². The van der Waals surface area contributed by atoms with Crippen LogP contribution in [-0.2, 0) is 0 Å². The Balaban J connectivity index is 2.29. The van der Waals surface area contributed by atoms with Crippen LogP contribution in [0.1, 0.15) is 0 Å². The van der Waals surface area contributed by atoms with Gasteiger partial charge < -0.3 is 9.52 Å². The molecule has 0 aliphatic heterocycles. The summed E-state index contributed by atoms with van der Waals surface area (Å²) in [6.45, 7) is 0. The number of fused-ring (bicyclic) bond motifs is 5. The Morgan fingerprint density at radius 1 is 0.947 bits per heavy atom. The van der Waals surface area contributed by atoms with Gasteiger partial charge in [0.05, 0.1) is 5.02 Å². The number of halogens is 1. The van der Waals surface area contributed by atoms with E-state index in [1.807, 2.05) is 36.4 Å². The van der Waals surface area contributed by atoms with Crippen molar-refractivity contribution in [2.75, 3.05) is 0 Å². The fourth-order valence-electron chi connectivity index (χ4n) is 2.56. The van der Waals surface area contributed by atoms with Crippen LogP contribution >= 0.6 is 11.6 Å². The highest BCUT2D eigenvalue weighted by Gasteiger charge is 2.12. The third kappa shape index (κ3) is 1.44. The van der Waals surface area contributed by atoms with Gasteiger partial charge in [0.2, 0.25) is 0 Å². The molecule has 0 spiro atoms. The van der Waals surface area contributed by atoms with Crippen molar-refractivity contribution in [3.8, 4) is 5.75 Å². The molecule has 3 heteroatoms. The van der Waals surface area contributed by atoms with Gasteiger partial charge in [-0.3, -0.25) is 0 Å². The van der Waals surface area contributed by atoms with E-state index >= 15 is 0 Å². The number of aromatic hydroxyl groups is 1. The van der Waals surface area contributed by atoms with Crippen molar-refractivity contribution in [3.05, 3.63) is 53.6 Å². The molecule has 0 amide bonds. The van der Waals surface area contributed by atoms with Gasteiger partial charge in [0.15, 0.2) is 0 Å². The Kier molecular flexibility index (Phi) is 2.06. The number of phenols is 1. The van der Waals surface area contributed by atoms with Gasteiger partial charge in [0.1, 0.15) is 16.9 Å². The van der Waals surface area contributed by atoms with E-state index in [1.165, 1.54) is 0 Å². The molecule has 0 aliphatic carbocycles. The van der Waals surface area contributed by atoms with Gasteiger partial charge in [-0.25, -0.2) is 0 Å². The number of furan rings is 1. The van der Waals surface area contributed by atoms with Crippen molar-refractivity contribution in [3.63, 3.8) is 0 Å². The first kappa shape index (κ1) is 10.7. The maximum absolute atomic E-state index is 9.53. The lowest BCUT2D eigenvalue weighted by atomic mass is 10.1. The van der Waals surface area contributed by atoms with Crippen molar-refractivity contribution in [1.29, 1.82) is 0 Å². The van der Waals surface area contributed by atoms with Crippen LogP contribution in [0.3, 0.4) is 0 Å². The van der Waals surface area contributed by atoms with E-state index in [0.29, 0.717) is 5.02 Å². The van der Waals surface area contributed by atoms with Gasteiger partial charge in [0, 0.05) is 16.2 Å². The molecule has 4 aromatic rings. The molecule has 4 rings (SSSR count). The molecule has 0 unspecified atom stereocenters. The fourth-order valence-corrected chi connectivity index (χ4v) is 2.82. The third-order valence-corrected chi connectivity index (χ3v) is 3.73. The molecule has 3 aromatic carbocycles. The minimum atomic E-state index is 0.251. The molecular weight excluding hydrogens is 260 g/mol. The Hall–Kier alpha value is -2.19. The minimum Gasteiger partial charge on any atom is -0.508 e. The summed E-state index contributed by atoms with van der Waals surface area (Å²) in [7, 11) is 0. The zero-order chi connectivity index (χ0) is 13.0. The van der Waals surface area contributed by atoms with Crippen molar-refractivity contribution in [2.24, 2.45) is 0 Å². The van der Waals surface area contributed by atoms with E-state index in [1.54, 1.807) is 12.1 Å². The second-order valence-corrected chi connectivity index (χ2v) is 4.97. The summed E-state index contributed by atoms with van der Waals surface area (Å²) in [4.78, 5) is 0. The predicted octanol–water partition coefficient (Wildman–Crippen LogP) is 5.10. The van der Waals surface area contributed by atoms with Gasteiger partial charge >= 0.3 is 0 Å². The molecule has 0 aliphatic rings. The summed E-state index contributed by atoms with van der Waals surface area (Å²) < 4.78 is 5.92. The smallest absolute Gasteiger partial charge is 0.143 e. The standard InChI is InChI=1S/C16H9ClO2/c17-13-2-1-3-14-15(13)12-6-4-9-8-10(18)5-7-11(9)16(12)19-14/h1-8,18H. The zero-order valence-corrected chi connectivity index (χ0v) is 10.6. The van der Waals surface area contributed by atoms with Crippen LogP contribution in [-0.4, -0.2) is 5.11 Å². The fraction of sp³-hybridized carbons (Fsp3) is 0. The lowest BCUT2D eigenvalue weighted by Gasteiger charge is -1.99. The van der Waals surface area contributed by atoms with Crippen molar-refractivity contribution in [2.45, 2.75) is 0 Å². The lowest BCUT2D eigenvalue weighted by Crippen LogP contribution is -1.74. The number of hydrogen-bond acceptors (Lipinski definition) is 2. The average Bonchev–Trinajstić information content (AvgIpc) is 2.78. The van der Waals surface area contributed by atoms with Crippen LogP contribution in [0, 0.1) is 0 Å². The van der Waals surface area contributed by atoms with Crippen LogP contribution in [0.2, 0.25) is 5.02 Å². The molecule has 0 bridgehead atoms. The molecule has 19 heavy (non-hydrogen) atoms. The Morgan fingerprint density at radius 3 is 2.68 bits per heavy atom. The first-order valence-electron chi connectivity index (χ1n) is 5.96. The Labute approximate surface area is 113 Å². The SMILES string of the molecule is Oc1ccc2c(ccc3c2oc2cccc(Cl)c23)c1. The van der Waals surface area contributed by atoms with Crippen LogP contribution in [0.15, 0.2) is 52.9 Å². The molecule has 0 atom stereocenters.